The van der Waals surface area contributed by atoms with Gasteiger partial charge in [-0.3, -0.25) is 0 Å². The Kier molecular flexibility index (Phi) is 4.96. The van der Waals surface area contributed by atoms with Gasteiger partial charge in [-0.25, -0.2) is 8.42 Å². The highest BCUT2D eigenvalue weighted by atomic mass is 79.9. The number of fused-ring (bicyclic) bond motifs is 1. The predicted octanol–water partition coefficient (Wildman–Crippen LogP) is 4.17. The maximum atomic E-state index is 13.2. The second-order valence-corrected chi connectivity index (χ2v) is 9.96. The minimum atomic E-state index is -3.74. The number of hydrogen-bond acceptors (Lipinski definition) is 4. The Morgan fingerprint density at radius 3 is 2.48 bits per heavy atom. The molecule has 0 spiro atoms. The van der Waals surface area contributed by atoms with Gasteiger partial charge in [-0.1, -0.05) is 27.5 Å². The van der Waals surface area contributed by atoms with Gasteiger partial charge < -0.3 is 14.8 Å². The summed E-state index contributed by atoms with van der Waals surface area (Å²) in [6, 6.07) is 10.7. The molecule has 2 heterocycles. The maximum Gasteiger partial charge on any atom is 0.210 e. The summed E-state index contributed by atoms with van der Waals surface area (Å²) < 4.78 is 27.3. The normalized spacial score (nSPS) is 16.2. The first-order chi connectivity index (χ1) is 12.9. The number of piperazine rings is 1. The van der Waals surface area contributed by atoms with Crippen molar-refractivity contribution in [2.45, 2.75) is 9.79 Å². The van der Waals surface area contributed by atoms with Crippen molar-refractivity contribution in [1.82, 2.24) is 9.88 Å². The Morgan fingerprint density at radius 2 is 1.78 bits per heavy atom. The van der Waals surface area contributed by atoms with Gasteiger partial charge in [0.05, 0.1) is 14.8 Å². The molecule has 142 valence electrons. The second-order valence-electron chi connectivity index (χ2n) is 6.75. The topological polar surface area (TPSA) is 56.4 Å². The summed E-state index contributed by atoms with van der Waals surface area (Å²) in [6.07, 6.45) is 1.52. The number of halogens is 2. The number of aromatic amines is 1. The van der Waals surface area contributed by atoms with E-state index < -0.39 is 9.84 Å². The fourth-order valence-corrected chi connectivity index (χ4v) is 5.69. The lowest BCUT2D eigenvalue weighted by atomic mass is 10.2. The van der Waals surface area contributed by atoms with Crippen LogP contribution in [0.3, 0.4) is 0 Å². The van der Waals surface area contributed by atoms with E-state index in [1.165, 1.54) is 6.20 Å². The first kappa shape index (κ1) is 18.8. The van der Waals surface area contributed by atoms with E-state index in [9.17, 15) is 8.42 Å². The minimum Gasteiger partial charge on any atom is -0.369 e. The van der Waals surface area contributed by atoms with Gasteiger partial charge in [0.2, 0.25) is 9.84 Å². The molecule has 1 saturated heterocycles. The third-order valence-corrected chi connectivity index (χ3v) is 7.74. The van der Waals surface area contributed by atoms with Gasteiger partial charge in [0.1, 0.15) is 0 Å². The smallest absolute Gasteiger partial charge is 0.210 e. The summed E-state index contributed by atoms with van der Waals surface area (Å²) in [5.74, 6) is 0. The van der Waals surface area contributed by atoms with Gasteiger partial charge in [0, 0.05) is 53.4 Å². The van der Waals surface area contributed by atoms with Crippen LogP contribution in [0.1, 0.15) is 0 Å². The molecule has 1 fully saturated rings. The number of benzene rings is 2. The first-order valence-electron chi connectivity index (χ1n) is 8.61. The van der Waals surface area contributed by atoms with Crippen LogP contribution in [-0.4, -0.2) is 51.5 Å². The number of hydrogen-bond donors (Lipinski definition) is 1. The lowest BCUT2D eigenvalue weighted by Crippen LogP contribution is -2.44. The van der Waals surface area contributed by atoms with Crippen molar-refractivity contribution in [3.8, 4) is 0 Å². The summed E-state index contributed by atoms with van der Waals surface area (Å²) in [6.45, 7) is 3.74. The number of nitrogens with zero attached hydrogens (tertiary/aromatic N) is 2. The average Bonchev–Trinajstić information content (AvgIpc) is 3.06. The molecule has 27 heavy (non-hydrogen) atoms. The number of sulfone groups is 1. The molecule has 8 heteroatoms. The second kappa shape index (κ2) is 7.13. The predicted molar refractivity (Wildman–Crippen MR) is 113 cm³/mol. The summed E-state index contributed by atoms with van der Waals surface area (Å²) in [5.41, 5.74) is 1.72. The fraction of sp³-hybridized carbons (Fsp3) is 0.263. The van der Waals surface area contributed by atoms with E-state index in [1.807, 2.05) is 18.2 Å². The zero-order valence-electron chi connectivity index (χ0n) is 14.7. The van der Waals surface area contributed by atoms with Crippen LogP contribution < -0.4 is 4.90 Å². The molecule has 0 unspecified atom stereocenters. The Bertz CT molecular complexity index is 1110. The van der Waals surface area contributed by atoms with E-state index in [0.29, 0.717) is 5.39 Å². The average molecular weight is 469 g/mol. The zero-order chi connectivity index (χ0) is 19.2. The van der Waals surface area contributed by atoms with Gasteiger partial charge >= 0.3 is 0 Å². The van der Waals surface area contributed by atoms with E-state index >= 15 is 0 Å². The van der Waals surface area contributed by atoms with Crippen LogP contribution in [-0.2, 0) is 9.84 Å². The molecule has 0 aliphatic carbocycles. The molecule has 0 bridgehead atoms. The van der Waals surface area contributed by atoms with Crippen molar-refractivity contribution in [3.05, 3.63) is 52.1 Å². The Morgan fingerprint density at radius 1 is 1.04 bits per heavy atom. The first-order valence-corrected chi connectivity index (χ1v) is 11.3. The lowest BCUT2D eigenvalue weighted by molar-refractivity contribution is 0.313. The van der Waals surface area contributed by atoms with Crippen LogP contribution in [0.2, 0.25) is 5.02 Å². The van der Waals surface area contributed by atoms with Crippen LogP contribution in [0, 0.1) is 0 Å². The molecule has 0 atom stereocenters. The molecule has 3 aromatic rings. The molecule has 1 aliphatic heterocycles. The molecule has 1 aromatic heterocycles. The minimum absolute atomic E-state index is 0.128. The SMILES string of the molecule is CN1CCN(c2ccc(S(=O)(=O)c3c[nH]c4ccc(Br)cc34)c(Cl)c2)CC1. The van der Waals surface area contributed by atoms with Gasteiger partial charge in [0.25, 0.3) is 0 Å². The van der Waals surface area contributed by atoms with Crippen molar-refractivity contribution in [3.63, 3.8) is 0 Å². The summed E-state index contributed by atoms with van der Waals surface area (Å²) in [5, 5.41) is 0.888. The number of rotatable bonds is 3. The number of likely N-dealkylation sites (N-methyl/N-ethyl adjacent to an activating group) is 1. The Balaban J connectivity index is 1.72. The summed E-state index contributed by atoms with van der Waals surface area (Å²) in [7, 11) is -1.64. The molecule has 0 amide bonds. The molecular formula is C19H19BrClN3O2S. The molecule has 0 radical (unpaired) electrons. The van der Waals surface area contributed by atoms with Crippen molar-refractivity contribution in [2.75, 3.05) is 38.1 Å². The van der Waals surface area contributed by atoms with E-state index in [-0.39, 0.29) is 14.8 Å². The van der Waals surface area contributed by atoms with E-state index in [0.717, 1.165) is 41.9 Å². The van der Waals surface area contributed by atoms with E-state index in [1.54, 1.807) is 18.2 Å². The summed E-state index contributed by atoms with van der Waals surface area (Å²) >= 11 is 9.83. The van der Waals surface area contributed by atoms with Crippen molar-refractivity contribution in [2.24, 2.45) is 0 Å². The van der Waals surface area contributed by atoms with Crippen LogP contribution in [0.15, 0.2) is 56.9 Å². The van der Waals surface area contributed by atoms with Crippen LogP contribution in [0.4, 0.5) is 5.69 Å². The summed E-state index contributed by atoms with van der Waals surface area (Å²) in [4.78, 5) is 7.88. The Labute approximate surface area is 172 Å². The van der Waals surface area contributed by atoms with Crippen molar-refractivity contribution < 1.29 is 8.42 Å². The highest BCUT2D eigenvalue weighted by Crippen LogP contribution is 2.35. The fourth-order valence-electron chi connectivity index (χ4n) is 3.38. The molecule has 4 rings (SSSR count). The highest BCUT2D eigenvalue weighted by molar-refractivity contribution is 9.10. The van der Waals surface area contributed by atoms with Crippen LogP contribution in [0.25, 0.3) is 10.9 Å². The van der Waals surface area contributed by atoms with Crippen LogP contribution >= 0.6 is 27.5 Å². The molecule has 1 N–H and O–H groups in total. The maximum absolute atomic E-state index is 13.2. The number of anilines is 1. The third kappa shape index (κ3) is 3.49. The number of H-pyrrole nitrogens is 1. The molecule has 5 nitrogen and oxygen atoms in total. The van der Waals surface area contributed by atoms with E-state index in [4.69, 9.17) is 11.6 Å². The van der Waals surface area contributed by atoms with Gasteiger partial charge in [-0.2, -0.15) is 0 Å². The lowest BCUT2D eigenvalue weighted by Gasteiger charge is -2.34. The number of nitrogens with one attached hydrogen (secondary N) is 1. The monoisotopic (exact) mass is 467 g/mol. The van der Waals surface area contributed by atoms with Gasteiger partial charge in [-0.15, -0.1) is 0 Å². The molecule has 0 saturated carbocycles. The zero-order valence-corrected chi connectivity index (χ0v) is 17.9. The van der Waals surface area contributed by atoms with E-state index in [2.05, 4.69) is 37.8 Å². The highest BCUT2D eigenvalue weighted by Gasteiger charge is 2.25. The Hall–Kier alpha value is -1.54. The molecular weight excluding hydrogens is 450 g/mol. The standard InChI is InChI=1S/C19H19BrClN3O2S/c1-23-6-8-24(9-7-23)14-3-5-18(16(21)11-14)27(25,26)19-12-22-17-4-2-13(20)10-15(17)19/h2-5,10-12,22H,6-9H2,1H3. The van der Waals surface area contributed by atoms with Crippen molar-refractivity contribution >= 4 is 54.0 Å². The molecule has 1 aliphatic rings. The number of aromatic nitrogens is 1. The molecule has 2 aromatic carbocycles. The van der Waals surface area contributed by atoms with Crippen LogP contribution in [0.5, 0.6) is 0 Å². The largest absolute Gasteiger partial charge is 0.369 e. The van der Waals surface area contributed by atoms with Crippen molar-refractivity contribution in [1.29, 1.82) is 0 Å². The van der Waals surface area contributed by atoms with Gasteiger partial charge in [-0.05, 0) is 43.4 Å². The third-order valence-electron chi connectivity index (χ3n) is 4.97. The van der Waals surface area contributed by atoms with Gasteiger partial charge in [0.15, 0.2) is 0 Å². The quantitative estimate of drug-likeness (QED) is 0.627.